The van der Waals surface area contributed by atoms with E-state index in [1.54, 1.807) is 6.20 Å². The molecule has 5 aromatic rings. The van der Waals surface area contributed by atoms with Gasteiger partial charge in [0.05, 0.1) is 31.0 Å². The first-order valence-electron chi connectivity index (χ1n) is 18.1. The molecule has 4 heterocycles. The Kier molecular flexibility index (Phi) is 10.9. The highest BCUT2D eigenvalue weighted by Gasteiger charge is 2.46. The Morgan fingerprint density at radius 2 is 1.65 bits per heavy atom. The van der Waals surface area contributed by atoms with Gasteiger partial charge in [-0.15, -0.1) is 5.10 Å². The van der Waals surface area contributed by atoms with Crippen LogP contribution in [0.1, 0.15) is 31.9 Å². The molecule has 17 heteroatoms. The molecular formula is C38H43F2N9O6. The van der Waals surface area contributed by atoms with Crippen molar-refractivity contribution < 1.29 is 32.9 Å². The number of carboxylic acids is 1. The monoisotopic (exact) mass is 759 g/mol. The number of hydrogen-bond acceptors (Lipinski definition) is 11. The fourth-order valence-electron chi connectivity index (χ4n) is 7.02. The Morgan fingerprint density at radius 1 is 1.00 bits per heavy atom. The van der Waals surface area contributed by atoms with Crippen LogP contribution in [0.15, 0.2) is 90.2 Å². The summed E-state index contributed by atoms with van der Waals surface area (Å²) in [7, 11) is 0. The van der Waals surface area contributed by atoms with Crippen molar-refractivity contribution in [1.29, 1.82) is 0 Å². The van der Waals surface area contributed by atoms with Crippen LogP contribution in [0.2, 0.25) is 0 Å². The molecule has 3 aromatic carbocycles. The molecule has 0 bridgehead atoms. The zero-order valence-corrected chi connectivity index (χ0v) is 30.4. The quantitative estimate of drug-likeness (QED) is 0.169. The number of nitrogens with zero attached hydrogens (tertiary/aromatic N) is 8. The minimum atomic E-state index is -1.53. The van der Waals surface area contributed by atoms with E-state index in [-0.39, 0.29) is 49.4 Å². The van der Waals surface area contributed by atoms with E-state index in [4.69, 9.17) is 25.1 Å². The van der Waals surface area contributed by atoms with Gasteiger partial charge in [0.2, 0.25) is 5.79 Å². The lowest BCUT2D eigenvalue weighted by Crippen LogP contribution is -2.46. The maximum atomic E-state index is 14.9. The summed E-state index contributed by atoms with van der Waals surface area (Å²) >= 11 is 0. The minimum Gasteiger partial charge on any atom is -0.491 e. The van der Waals surface area contributed by atoms with Gasteiger partial charge in [0.1, 0.15) is 43.0 Å². The lowest BCUT2D eigenvalue weighted by molar-refractivity contribution is -0.192. The van der Waals surface area contributed by atoms with E-state index in [9.17, 15) is 18.4 Å². The van der Waals surface area contributed by atoms with Gasteiger partial charge in [-0.05, 0) is 73.5 Å². The normalized spacial score (nSPS) is 20.3. The fraction of sp³-hybridized carbons (Fsp3) is 0.395. The largest absolute Gasteiger partial charge is 0.491 e. The third-order valence-corrected chi connectivity index (χ3v) is 10.4. The number of anilines is 2. The molecule has 3 N–H and O–H groups in total. The van der Waals surface area contributed by atoms with E-state index in [1.807, 2.05) is 62.4 Å². The fourth-order valence-corrected chi connectivity index (χ4v) is 7.02. The maximum absolute atomic E-state index is 14.9. The molecule has 2 aliphatic rings. The molecule has 0 aliphatic carbocycles. The van der Waals surface area contributed by atoms with Crippen LogP contribution in [0, 0.1) is 17.6 Å². The second-order valence-electron chi connectivity index (χ2n) is 13.9. The Balaban J connectivity index is 0.911. The van der Waals surface area contributed by atoms with Crippen LogP contribution in [-0.4, -0.2) is 92.0 Å². The molecule has 2 unspecified atom stereocenters. The van der Waals surface area contributed by atoms with Crippen LogP contribution in [0.3, 0.4) is 0 Å². The maximum Gasteiger partial charge on any atom is 0.350 e. The molecule has 5 atom stereocenters. The van der Waals surface area contributed by atoms with Crippen molar-refractivity contribution in [2.45, 2.75) is 50.8 Å². The number of hydrogen-bond donors (Lipinski definition) is 2. The van der Waals surface area contributed by atoms with Gasteiger partial charge in [-0.3, -0.25) is 4.79 Å². The molecular weight excluding hydrogens is 716 g/mol. The van der Waals surface area contributed by atoms with Crippen molar-refractivity contribution in [2.75, 3.05) is 49.2 Å². The van der Waals surface area contributed by atoms with Gasteiger partial charge in [-0.1, -0.05) is 12.1 Å². The number of ether oxygens (including phenoxy) is 3. The van der Waals surface area contributed by atoms with Crippen molar-refractivity contribution >= 4 is 17.3 Å². The number of carboxylic acid groups (broad SMARTS) is 1. The summed E-state index contributed by atoms with van der Waals surface area (Å²) in [6, 6.07) is 17.9. The number of halogens is 2. The van der Waals surface area contributed by atoms with Crippen LogP contribution >= 0.6 is 0 Å². The number of rotatable bonds is 14. The van der Waals surface area contributed by atoms with Crippen LogP contribution in [0.25, 0.3) is 5.69 Å². The van der Waals surface area contributed by atoms with E-state index >= 15 is 0 Å². The third kappa shape index (κ3) is 8.23. The van der Waals surface area contributed by atoms with Crippen LogP contribution in [0.4, 0.5) is 20.2 Å². The predicted octanol–water partition coefficient (Wildman–Crippen LogP) is 3.58. The van der Waals surface area contributed by atoms with Gasteiger partial charge in [0.25, 0.3) is 0 Å². The van der Waals surface area contributed by atoms with Gasteiger partial charge in [-0.2, -0.15) is 5.10 Å². The van der Waals surface area contributed by atoms with Gasteiger partial charge >= 0.3 is 11.7 Å². The van der Waals surface area contributed by atoms with Crippen LogP contribution < -0.4 is 26.0 Å². The predicted molar refractivity (Wildman–Crippen MR) is 197 cm³/mol. The van der Waals surface area contributed by atoms with E-state index in [1.165, 1.54) is 32.5 Å². The van der Waals surface area contributed by atoms with Crippen LogP contribution in [-0.2, 0) is 26.6 Å². The smallest absolute Gasteiger partial charge is 0.350 e. The number of aliphatic carboxylic acids is 1. The lowest BCUT2D eigenvalue weighted by Gasteiger charge is -2.37. The van der Waals surface area contributed by atoms with Crippen molar-refractivity contribution in [3.63, 3.8) is 0 Å². The Bertz CT molecular complexity index is 2120. The molecule has 2 saturated heterocycles. The molecule has 2 aliphatic heterocycles. The Labute approximate surface area is 315 Å². The standard InChI is InChI=1S/C38H43F2N9O6/c1-25(35(41)20-36(50)51)26(2)49-37(52)48(24-43-49)30-6-4-28(5-7-30)45-15-17-46(18-16-45)29-8-10-31(11-9-29)53-21-32-22-54-38(55-32,23-47-14-13-42-44-47)33-12-3-27(39)19-34(33)40/h3-14,19,24-26,32,35H,15-18,20-23,41H2,1-2H3,(H,50,51)/t25?,26-,32-,35?,38+/m1/s1. The highest BCUT2D eigenvalue weighted by atomic mass is 19.1. The second kappa shape index (κ2) is 16.0. The topological polar surface area (TPSA) is 168 Å². The van der Waals surface area contributed by atoms with Crippen LogP contribution in [0.5, 0.6) is 5.75 Å². The summed E-state index contributed by atoms with van der Waals surface area (Å²) in [5, 5.41) is 21.2. The molecule has 2 aromatic heterocycles. The first-order chi connectivity index (χ1) is 26.5. The van der Waals surface area contributed by atoms with E-state index in [0.29, 0.717) is 11.4 Å². The number of carbonyl (C=O) groups is 1. The molecule has 0 amide bonds. The molecule has 0 spiro atoms. The SMILES string of the molecule is CC(C(N)CC(=O)O)[C@@H](C)n1ncn(-c2ccc(N3CCN(c4ccc(OC[C@@H]5CO[C@](Cn6ccnn6)(c6ccc(F)cc6F)O5)cc4)CC3)cc2)c1=O. The number of piperazine rings is 1. The van der Waals surface area contributed by atoms with Crippen molar-refractivity contribution in [2.24, 2.45) is 11.7 Å². The summed E-state index contributed by atoms with van der Waals surface area (Å²) in [5.74, 6) is -3.63. The van der Waals surface area contributed by atoms with Crippen molar-refractivity contribution in [3.8, 4) is 11.4 Å². The van der Waals surface area contributed by atoms with Gasteiger partial charge in [-0.25, -0.2) is 27.5 Å². The average molecular weight is 760 g/mol. The summed E-state index contributed by atoms with van der Waals surface area (Å²) in [6.07, 6.45) is 3.86. The third-order valence-electron chi connectivity index (χ3n) is 10.4. The average Bonchev–Trinajstić information content (AvgIpc) is 3.94. The number of nitrogens with two attached hydrogens (primary N) is 1. The number of benzene rings is 3. The van der Waals surface area contributed by atoms with Gasteiger partial charge in [0.15, 0.2) is 0 Å². The Morgan fingerprint density at radius 3 is 2.27 bits per heavy atom. The highest BCUT2D eigenvalue weighted by Crippen LogP contribution is 2.38. The summed E-state index contributed by atoms with van der Waals surface area (Å²) in [5.41, 5.74) is 8.59. The molecule has 7 rings (SSSR count). The Hall–Kier alpha value is -5.65. The lowest BCUT2D eigenvalue weighted by atomic mass is 9.93. The van der Waals surface area contributed by atoms with Gasteiger partial charge in [0, 0.05) is 61.4 Å². The van der Waals surface area contributed by atoms with Crippen molar-refractivity contribution in [1.82, 2.24) is 29.3 Å². The minimum absolute atomic E-state index is 0.0160. The van der Waals surface area contributed by atoms with Crippen molar-refractivity contribution in [3.05, 3.63) is 113 Å². The zero-order valence-electron chi connectivity index (χ0n) is 30.4. The van der Waals surface area contributed by atoms with Gasteiger partial charge < -0.3 is 34.9 Å². The second-order valence-corrected chi connectivity index (χ2v) is 13.9. The first kappa shape index (κ1) is 37.7. The highest BCUT2D eigenvalue weighted by molar-refractivity contribution is 5.67. The molecule has 2 fully saturated rings. The molecule has 0 radical (unpaired) electrons. The number of aromatic nitrogens is 6. The molecule has 15 nitrogen and oxygen atoms in total. The first-order valence-corrected chi connectivity index (χ1v) is 18.1. The summed E-state index contributed by atoms with van der Waals surface area (Å²) < 4.78 is 51.2. The summed E-state index contributed by atoms with van der Waals surface area (Å²) in [4.78, 5) is 28.9. The van der Waals surface area contributed by atoms with E-state index in [0.717, 1.165) is 49.7 Å². The molecule has 55 heavy (non-hydrogen) atoms. The summed E-state index contributed by atoms with van der Waals surface area (Å²) in [6.45, 7) is 7.13. The zero-order chi connectivity index (χ0) is 38.7. The molecule has 0 saturated carbocycles. The van der Waals surface area contributed by atoms with E-state index in [2.05, 4.69) is 25.2 Å². The van der Waals surface area contributed by atoms with E-state index < -0.39 is 35.5 Å². The molecule has 290 valence electrons.